The molecule has 4 atom stereocenters. The zero-order valence-electron chi connectivity index (χ0n) is 19.5. The minimum atomic E-state index is -0.615. The van der Waals surface area contributed by atoms with Gasteiger partial charge in [0.15, 0.2) is 0 Å². The van der Waals surface area contributed by atoms with E-state index in [1.807, 2.05) is 36.4 Å². The minimum absolute atomic E-state index is 0.0647. The second-order valence-electron chi connectivity index (χ2n) is 10.1. The number of hydrogen-bond donors (Lipinski definition) is 1. The third-order valence-corrected chi connectivity index (χ3v) is 8.07. The van der Waals surface area contributed by atoms with Gasteiger partial charge in [0.1, 0.15) is 6.33 Å². The zero-order valence-corrected chi connectivity index (χ0v) is 19.5. The van der Waals surface area contributed by atoms with Crippen molar-refractivity contribution in [3.05, 3.63) is 48.5 Å². The summed E-state index contributed by atoms with van der Waals surface area (Å²) in [6, 6.07) is 8.20. The van der Waals surface area contributed by atoms with Crippen LogP contribution in [0.1, 0.15) is 51.0 Å². The summed E-state index contributed by atoms with van der Waals surface area (Å²) in [6.07, 6.45) is 12.3. The van der Waals surface area contributed by atoms with E-state index < -0.39 is 5.41 Å². The van der Waals surface area contributed by atoms with Gasteiger partial charge in [0.2, 0.25) is 11.8 Å². The summed E-state index contributed by atoms with van der Waals surface area (Å²) in [6.45, 7) is 3.83. The first-order chi connectivity index (χ1) is 16.1. The summed E-state index contributed by atoms with van der Waals surface area (Å²) in [5.74, 6) is 1.74. The van der Waals surface area contributed by atoms with Crippen molar-refractivity contribution < 1.29 is 9.59 Å². The second-order valence-corrected chi connectivity index (χ2v) is 10.1. The number of aromatic nitrogens is 2. The third kappa shape index (κ3) is 4.28. The van der Waals surface area contributed by atoms with E-state index in [0.717, 1.165) is 36.1 Å². The van der Waals surface area contributed by atoms with Crippen molar-refractivity contribution in [2.75, 3.05) is 19.6 Å². The molecule has 174 valence electrons. The lowest BCUT2D eigenvalue weighted by Gasteiger charge is -2.42. The first kappa shape index (κ1) is 22.1. The largest absolute Gasteiger partial charge is 0.356 e. The van der Waals surface area contributed by atoms with Crippen molar-refractivity contribution in [3.63, 3.8) is 0 Å². The molecule has 0 bridgehead atoms. The topological polar surface area (TPSA) is 75.2 Å². The van der Waals surface area contributed by atoms with Crippen LogP contribution < -0.4 is 5.32 Å². The molecule has 3 aliphatic rings. The Hall–Kier alpha value is -2.76. The lowest BCUT2D eigenvalue weighted by Crippen LogP contribution is -2.55. The standard InChI is InChI=1S/C27H34N4O2/c1-2-30-26(33)27(14-19-8-3-4-9-21(19)20-15-28-18-29-16-20)12-7-13-31(17-27)25(32)24-22-10-5-6-11-23(22)24/h3-4,8-9,15-16,18,22-24H,2,5-7,10-14,17H2,1H3,(H,30,33)/t22-,23+,24?,27-/m0/s1. The van der Waals surface area contributed by atoms with E-state index in [2.05, 4.69) is 27.4 Å². The summed E-state index contributed by atoms with van der Waals surface area (Å²) in [4.78, 5) is 37.4. The van der Waals surface area contributed by atoms with Gasteiger partial charge in [-0.05, 0) is 62.0 Å². The lowest BCUT2D eigenvalue weighted by molar-refractivity contribution is -0.142. The monoisotopic (exact) mass is 446 g/mol. The maximum atomic E-state index is 13.5. The molecule has 1 unspecified atom stereocenters. The Bertz CT molecular complexity index is 998. The summed E-state index contributed by atoms with van der Waals surface area (Å²) in [5.41, 5.74) is 2.49. The minimum Gasteiger partial charge on any atom is -0.356 e. The van der Waals surface area contributed by atoms with Gasteiger partial charge >= 0.3 is 0 Å². The normalized spacial score (nSPS) is 28.6. The van der Waals surface area contributed by atoms with Gasteiger partial charge in [-0.3, -0.25) is 9.59 Å². The van der Waals surface area contributed by atoms with E-state index in [1.165, 1.54) is 32.0 Å². The van der Waals surface area contributed by atoms with Crippen LogP contribution in [-0.4, -0.2) is 46.3 Å². The highest BCUT2D eigenvalue weighted by atomic mass is 16.2. The van der Waals surface area contributed by atoms with Crippen LogP contribution in [0.25, 0.3) is 11.1 Å². The highest BCUT2D eigenvalue weighted by Crippen LogP contribution is 2.56. The number of piperidine rings is 1. The fraction of sp³-hybridized carbons (Fsp3) is 0.556. The van der Waals surface area contributed by atoms with E-state index >= 15 is 0 Å². The molecular formula is C27H34N4O2. The van der Waals surface area contributed by atoms with Gasteiger partial charge in [0.05, 0.1) is 5.41 Å². The number of rotatable bonds is 6. The van der Waals surface area contributed by atoms with Gasteiger partial charge in [-0.25, -0.2) is 9.97 Å². The Morgan fingerprint density at radius 2 is 1.82 bits per heavy atom. The van der Waals surface area contributed by atoms with E-state index in [9.17, 15) is 9.59 Å². The number of nitrogens with zero attached hydrogens (tertiary/aromatic N) is 3. The Kier molecular flexibility index (Phi) is 6.17. The number of amides is 2. The Balaban J connectivity index is 1.42. The molecule has 2 saturated carbocycles. The van der Waals surface area contributed by atoms with Gasteiger partial charge in [-0.2, -0.15) is 0 Å². The van der Waals surface area contributed by atoms with Crippen LogP contribution in [0.5, 0.6) is 0 Å². The maximum Gasteiger partial charge on any atom is 0.228 e. The maximum absolute atomic E-state index is 13.5. The quantitative estimate of drug-likeness (QED) is 0.731. The van der Waals surface area contributed by atoms with Crippen LogP contribution in [0.2, 0.25) is 0 Å². The number of hydrogen-bond acceptors (Lipinski definition) is 4. The Morgan fingerprint density at radius 3 is 2.55 bits per heavy atom. The predicted octanol–water partition coefficient (Wildman–Crippen LogP) is 3.87. The van der Waals surface area contributed by atoms with Gasteiger partial charge in [0.25, 0.3) is 0 Å². The molecule has 2 aromatic rings. The second kappa shape index (κ2) is 9.24. The van der Waals surface area contributed by atoms with E-state index in [0.29, 0.717) is 37.3 Å². The van der Waals surface area contributed by atoms with Crippen LogP contribution in [-0.2, 0) is 16.0 Å². The SMILES string of the molecule is CCNC(=O)[C@]1(Cc2ccccc2-c2cncnc2)CCCN(C(=O)C2[C@H]3CCCC[C@@H]23)C1. The molecule has 6 heteroatoms. The number of benzene rings is 1. The number of fused-ring (bicyclic) bond motifs is 1. The molecular weight excluding hydrogens is 412 g/mol. The van der Waals surface area contributed by atoms with Crippen molar-refractivity contribution in [2.45, 2.75) is 51.9 Å². The Morgan fingerprint density at radius 1 is 1.09 bits per heavy atom. The summed E-state index contributed by atoms with van der Waals surface area (Å²) >= 11 is 0. The highest BCUT2D eigenvalue weighted by Gasteiger charge is 2.57. The number of nitrogens with one attached hydrogen (secondary N) is 1. The molecule has 1 aliphatic heterocycles. The molecule has 0 spiro atoms. The van der Waals surface area contributed by atoms with Crippen LogP contribution in [0, 0.1) is 23.2 Å². The van der Waals surface area contributed by atoms with Crippen molar-refractivity contribution in [2.24, 2.45) is 23.2 Å². The van der Waals surface area contributed by atoms with Crippen molar-refractivity contribution in [1.29, 1.82) is 0 Å². The Labute approximate surface area is 196 Å². The third-order valence-electron chi connectivity index (χ3n) is 8.07. The highest BCUT2D eigenvalue weighted by molar-refractivity contribution is 5.87. The average Bonchev–Trinajstić information content (AvgIpc) is 3.59. The number of carbonyl (C=O) groups is 2. The molecule has 5 rings (SSSR count). The molecule has 6 nitrogen and oxygen atoms in total. The van der Waals surface area contributed by atoms with Crippen LogP contribution in [0.3, 0.4) is 0 Å². The molecule has 1 saturated heterocycles. The van der Waals surface area contributed by atoms with E-state index in [1.54, 1.807) is 0 Å². The van der Waals surface area contributed by atoms with E-state index in [4.69, 9.17) is 0 Å². The zero-order chi connectivity index (χ0) is 22.8. The molecule has 1 N–H and O–H groups in total. The molecule has 1 aromatic heterocycles. The molecule has 2 amide bonds. The van der Waals surface area contributed by atoms with Gasteiger partial charge in [-0.15, -0.1) is 0 Å². The van der Waals surface area contributed by atoms with Crippen LogP contribution >= 0.6 is 0 Å². The van der Waals surface area contributed by atoms with Gasteiger partial charge in [0, 0.05) is 43.5 Å². The first-order valence-electron chi connectivity index (χ1n) is 12.5. The average molecular weight is 447 g/mol. The van der Waals surface area contributed by atoms with Crippen molar-refractivity contribution in [3.8, 4) is 11.1 Å². The van der Waals surface area contributed by atoms with E-state index in [-0.39, 0.29) is 11.8 Å². The smallest absolute Gasteiger partial charge is 0.228 e. The molecule has 3 fully saturated rings. The molecule has 1 aromatic carbocycles. The van der Waals surface area contributed by atoms with Crippen molar-refractivity contribution >= 4 is 11.8 Å². The number of likely N-dealkylation sites (tertiary alicyclic amines) is 1. The summed E-state index contributed by atoms with van der Waals surface area (Å²) < 4.78 is 0. The van der Waals surface area contributed by atoms with Crippen LogP contribution in [0.15, 0.2) is 43.0 Å². The van der Waals surface area contributed by atoms with Crippen LogP contribution in [0.4, 0.5) is 0 Å². The predicted molar refractivity (Wildman–Crippen MR) is 127 cm³/mol. The number of carbonyl (C=O) groups excluding carboxylic acids is 2. The fourth-order valence-corrected chi connectivity index (χ4v) is 6.41. The fourth-order valence-electron chi connectivity index (χ4n) is 6.41. The summed E-state index contributed by atoms with van der Waals surface area (Å²) in [5, 5.41) is 3.09. The van der Waals surface area contributed by atoms with Gasteiger partial charge in [-0.1, -0.05) is 37.1 Å². The summed E-state index contributed by atoms with van der Waals surface area (Å²) in [7, 11) is 0. The molecule has 2 aliphatic carbocycles. The molecule has 0 radical (unpaired) electrons. The molecule has 33 heavy (non-hydrogen) atoms. The lowest BCUT2D eigenvalue weighted by atomic mass is 9.73. The molecule has 2 heterocycles. The van der Waals surface area contributed by atoms with Gasteiger partial charge < -0.3 is 10.2 Å². The first-order valence-corrected chi connectivity index (χ1v) is 12.5. The van der Waals surface area contributed by atoms with Crippen molar-refractivity contribution in [1.82, 2.24) is 20.2 Å².